The molecule has 1 saturated heterocycles. The van der Waals surface area contributed by atoms with E-state index in [2.05, 4.69) is 44.8 Å². The average molecular weight is 436 g/mol. The number of anilines is 1. The minimum absolute atomic E-state index is 0.0640. The molecule has 2 aliphatic rings. The van der Waals surface area contributed by atoms with E-state index in [-0.39, 0.29) is 17.9 Å². The fourth-order valence-corrected chi connectivity index (χ4v) is 4.55. The molecule has 0 unspecified atom stereocenters. The lowest BCUT2D eigenvalue weighted by Crippen LogP contribution is -2.41. The molecule has 3 heterocycles. The number of nitrogens with zero attached hydrogens (tertiary/aromatic N) is 3. The summed E-state index contributed by atoms with van der Waals surface area (Å²) in [6, 6.07) is 12.5. The molecular weight excluding hydrogens is 402 g/mol. The topological polar surface area (TPSA) is 77.6 Å². The molecule has 0 saturated carbocycles. The first kappa shape index (κ1) is 22.3. The molecule has 7 nitrogen and oxygen atoms in total. The van der Waals surface area contributed by atoms with Crippen LogP contribution >= 0.6 is 0 Å². The van der Waals surface area contributed by atoms with Crippen LogP contribution in [0.1, 0.15) is 47.7 Å². The van der Waals surface area contributed by atoms with Crippen molar-refractivity contribution in [2.45, 2.75) is 45.2 Å². The molecule has 0 radical (unpaired) electrons. The van der Waals surface area contributed by atoms with Crippen LogP contribution in [-0.2, 0) is 17.8 Å². The second kappa shape index (κ2) is 10.6. The molecule has 2 aliphatic heterocycles. The number of pyridine rings is 1. The van der Waals surface area contributed by atoms with Crippen LogP contribution < -0.4 is 10.6 Å². The van der Waals surface area contributed by atoms with Crippen molar-refractivity contribution in [3.05, 3.63) is 59.3 Å². The summed E-state index contributed by atoms with van der Waals surface area (Å²) in [5.74, 6) is 0.780. The molecule has 2 aromatic rings. The molecule has 4 rings (SSSR count). The number of likely N-dealkylation sites (tertiary alicyclic amines) is 1. The standard InChI is InChI=1S/C25H33N5O2/c1-19(31)30-15-9-23(10-16-30)28-24-17-21(7-12-26-24)25(32)27-11-4-13-29-14-8-20-5-2-3-6-22(20)18-29/h2-3,5-7,12,17,23H,4,8-11,13-16,18H2,1H3,(H,26,28)(H,27,32). The lowest BCUT2D eigenvalue weighted by atomic mass is 10.00. The lowest BCUT2D eigenvalue weighted by Gasteiger charge is -2.32. The van der Waals surface area contributed by atoms with Gasteiger partial charge in [0.15, 0.2) is 0 Å². The summed E-state index contributed by atoms with van der Waals surface area (Å²) < 4.78 is 0. The molecule has 0 aliphatic carbocycles. The van der Waals surface area contributed by atoms with Crippen molar-refractivity contribution in [1.82, 2.24) is 20.1 Å². The molecule has 2 N–H and O–H groups in total. The Bertz CT molecular complexity index is 939. The molecule has 170 valence electrons. The SMILES string of the molecule is CC(=O)N1CCC(Nc2cc(C(=O)NCCCN3CCc4ccccc4C3)ccn2)CC1. The molecule has 0 bridgehead atoms. The van der Waals surface area contributed by atoms with Gasteiger partial charge in [-0.25, -0.2) is 4.98 Å². The van der Waals surface area contributed by atoms with Gasteiger partial charge >= 0.3 is 0 Å². The van der Waals surface area contributed by atoms with Gasteiger partial charge in [-0.1, -0.05) is 24.3 Å². The van der Waals surface area contributed by atoms with Crippen molar-refractivity contribution in [3.63, 3.8) is 0 Å². The van der Waals surface area contributed by atoms with Gasteiger partial charge in [0.1, 0.15) is 5.82 Å². The quantitative estimate of drug-likeness (QED) is 0.654. The van der Waals surface area contributed by atoms with Gasteiger partial charge in [-0.15, -0.1) is 0 Å². The molecule has 0 spiro atoms. The van der Waals surface area contributed by atoms with Crippen LogP contribution in [0.25, 0.3) is 0 Å². The second-order valence-electron chi connectivity index (χ2n) is 8.76. The summed E-state index contributed by atoms with van der Waals surface area (Å²) >= 11 is 0. The van der Waals surface area contributed by atoms with Crippen molar-refractivity contribution >= 4 is 17.6 Å². The Hall–Kier alpha value is -2.93. The molecule has 1 aromatic heterocycles. The fourth-order valence-electron chi connectivity index (χ4n) is 4.55. The number of amides is 2. The number of carbonyl (C=O) groups is 2. The van der Waals surface area contributed by atoms with E-state index in [0.29, 0.717) is 17.9 Å². The smallest absolute Gasteiger partial charge is 0.251 e. The molecule has 32 heavy (non-hydrogen) atoms. The first-order valence-electron chi connectivity index (χ1n) is 11.6. The predicted octanol–water partition coefficient (Wildman–Crippen LogP) is 2.68. The predicted molar refractivity (Wildman–Crippen MR) is 126 cm³/mol. The van der Waals surface area contributed by atoms with Gasteiger partial charge in [-0.05, 0) is 48.9 Å². The van der Waals surface area contributed by atoms with Crippen molar-refractivity contribution in [3.8, 4) is 0 Å². The molecule has 2 amide bonds. The van der Waals surface area contributed by atoms with Gasteiger partial charge in [0.25, 0.3) is 5.91 Å². The summed E-state index contributed by atoms with van der Waals surface area (Å²) in [5, 5.41) is 6.46. The van der Waals surface area contributed by atoms with Crippen molar-refractivity contribution < 1.29 is 9.59 Å². The summed E-state index contributed by atoms with van der Waals surface area (Å²) in [6.45, 7) is 6.85. The summed E-state index contributed by atoms with van der Waals surface area (Å²) in [6.07, 6.45) is 5.48. The van der Waals surface area contributed by atoms with E-state index in [1.165, 1.54) is 11.1 Å². The van der Waals surface area contributed by atoms with Crippen LogP contribution in [0, 0.1) is 0 Å². The molecular formula is C25H33N5O2. The Morgan fingerprint density at radius 3 is 2.66 bits per heavy atom. The van der Waals surface area contributed by atoms with Gasteiger partial charge in [0.05, 0.1) is 0 Å². The largest absolute Gasteiger partial charge is 0.367 e. The normalized spacial score (nSPS) is 17.0. The van der Waals surface area contributed by atoms with E-state index < -0.39 is 0 Å². The maximum atomic E-state index is 12.6. The number of rotatable bonds is 7. The monoisotopic (exact) mass is 435 g/mol. The third kappa shape index (κ3) is 5.85. The Morgan fingerprint density at radius 1 is 1.09 bits per heavy atom. The van der Waals surface area contributed by atoms with Crippen LogP contribution in [0.15, 0.2) is 42.6 Å². The van der Waals surface area contributed by atoms with Crippen LogP contribution in [-0.4, -0.2) is 65.4 Å². The second-order valence-corrected chi connectivity index (χ2v) is 8.76. The van der Waals surface area contributed by atoms with Crippen LogP contribution in [0.5, 0.6) is 0 Å². The minimum atomic E-state index is -0.0640. The summed E-state index contributed by atoms with van der Waals surface area (Å²) in [7, 11) is 0. The third-order valence-electron chi connectivity index (χ3n) is 6.46. The van der Waals surface area contributed by atoms with E-state index in [1.807, 2.05) is 11.0 Å². The van der Waals surface area contributed by atoms with Gasteiger partial charge in [-0.3, -0.25) is 14.5 Å². The van der Waals surface area contributed by atoms with Crippen molar-refractivity contribution in [1.29, 1.82) is 0 Å². The number of nitrogens with one attached hydrogen (secondary N) is 2. The van der Waals surface area contributed by atoms with Crippen LogP contribution in [0.4, 0.5) is 5.82 Å². The number of piperidine rings is 1. The lowest BCUT2D eigenvalue weighted by molar-refractivity contribution is -0.129. The van der Waals surface area contributed by atoms with E-state index in [9.17, 15) is 9.59 Å². The molecule has 7 heteroatoms. The highest BCUT2D eigenvalue weighted by molar-refractivity contribution is 5.94. The van der Waals surface area contributed by atoms with Gasteiger partial charge in [0.2, 0.25) is 5.91 Å². The van der Waals surface area contributed by atoms with E-state index in [0.717, 1.165) is 58.4 Å². The number of fused-ring (bicyclic) bond motifs is 1. The highest BCUT2D eigenvalue weighted by Gasteiger charge is 2.21. The summed E-state index contributed by atoms with van der Waals surface area (Å²) in [5.41, 5.74) is 3.51. The number of hydrogen-bond donors (Lipinski definition) is 2. The minimum Gasteiger partial charge on any atom is -0.367 e. The molecule has 1 fully saturated rings. The third-order valence-corrected chi connectivity index (χ3v) is 6.46. The maximum Gasteiger partial charge on any atom is 0.251 e. The van der Waals surface area contributed by atoms with Gasteiger partial charge in [-0.2, -0.15) is 0 Å². The maximum absolute atomic E-state index is 12.6. The highest BCUT2D eigenvalue weighted by atomic mass is 16.2. The first-order chi connectivity index (χ1) is 15.6. The number of hydrogen-bond acceptors (Lipinski definition) is 5. The van der Waals surface area contributed by atoms with Gasteiger partial charge < -0.3 is 15.5 Å². The Labute approximate surface area is 190 Å². The Kier molecular flexibility index (Phi) is 7.37. The van der Waals surface area contributed by atoms with Crippen LogP contribution in [0.3, 0.4) is 0 Å². The van der Waals surface area contributed by atoms with Crippen molar-refractivity contribution in [2.75, 3.05) is 38.0 Å². The number of aromatic nitrogens is 1. The van der Waals surface area contributed by atoms with Crippen LogP contribution in [0.2, 0.25) is 0 Å². The average Bonchev–Trinajstić information content (AvgIpc) is 2.82. The van der Waals surface area contributed by atoms with Crippen molar-refractivity contribution in [2.24, 2.45) is 0 Å². The Balaban J connectivity index is 1.19. The number of carbonyl (C=O) groups excluding carboxylic acids is 2. The van der Waals surface area contributed by atoms with E-state index in [1.54, 1.807) is 19.2 Å². The zero-order valence-corrected chi connectivity index (χ0v) is 18.8. The zero-order chi connectivity index (χ0) is 22.3. The van der Waals surface area contributed by atoms with E-state index >= 15 is 0 Å². The first-order valence-corrected chi connectivity index (χ1v) is 11.6. The fraction of sp³-hybridized carbons (Fsp3) is 0.480. The van der Waals surface area contributed by atoms with E-state index in [4.69, 9.17) is 0 Å². The zero-order valence-electron chi connectivity index (χ0n) is 18.8. The Morgan fingerprint density at radius 2 is 1.88 bits per heavy atom. The highest BCUT2D eigenvalue weighted by Crippen LogP contribution is 2.19. The van der Waals surface area contributed by atoms with Gasteiger partial charge in [0, 0.05) is 64.0 Å². The number of benzene rings is 1. The summed E-state index contributed by atoms with van der Waals surface area (Å²) in [4.78, 5) is 32.8. The molecule has 0 atom stereocenters. The molecule has 1 aromatic carbocycles.